The number of rotatable bonds is 5. The van der Waals surface area contributed by atoms with Crippen LogP contribution in [0.3, 0.4) is 0 Å². The summed E-state index contributed by atoms with van der Waals surface area (Å²) in [7, 11) is 0. The molecule has 1 N–H and O–H groups in total. The van der Waals surface area contributed by atoms with Crippen molar-refractivity contribution in [2.24, 2.45) is 0 Å². The molecule has 0 aliphatic carbocycles. The SMILES string of the molecule is Cc1ccc(OC(F)F)c(CCC(=O)O)c1. The Kier molecular flexibility index (Phi) is 4.22. The van der Waals surface area contributed by atoms with Gasteiger partial charge < -0.3 is 9.84 Å². The Morgan fingerprint density at radius 3 is 2.75 bits per heavy atom. The first-order chi connectivity index (χ1) is 7.49. The number of ether oxygens (including phenoxy) is 1. The Bertz CT molecular complexity index is 377. The molecule has 0 saturated heterocycles. The quantitative estimate of drug-likeness (QED) is 0.845. The van der Waals surface area contributed by atoms with E-state index in [0.717, 1.165) is 5.56 Å². The molecule has 0 amide bonds. The van der Waals surface area contributed by atoms with Gasteiger partial charge in [-0.05, 0) is 25.0 Å². The number of hydrogen-bond donors (Lipinski definition) is 1. The van der Waals surface area contributed by atoms with Crippen molar-refractivity contribution in [1.29, 1.82) is 0 Å². The van der Waals surface area contributed by atoms with Gasteiger partial charge >= 0.3 is 12.6 Å². The fraction of sp³-hybridized carbons (Fsp3) is 0.364. The highest BCUT2D eigenvalue weighted by atomic mass is 19.3. The first-order valence-corrected chi connectivity index (χ1v) is 4.75. The lowest BCUT2D eigenvalue weighted by atomic mass is 10.1. The highest BCUT2D eigenvalue weighted by molar-refractivity contribution is 5.67. The Labute approximate surface area is 91.7 Å². The minimum Gasteiger partial charge on any atom is -0.481 e. The summed E-state index contributed by atoms with van der Waals surface area (Å²) in [5.41, 5.74) is 1.37. The lowest BCUT2D eigenvalue weighted by Crippen LogP contribution is -2.06. The van der Waals surface area contributed by atoms with Crippen LogP contribution in [-0.4, -0.2) is 17.7 Å². The Hall–Kier alpha value is -1.65. The van der Waals surface area contributed by atoms with Crippen LogP contribution in [0.2, 0.25) is 0 Å². The molecule has 1 aromatic carbocycles. The Morgan fingerprint density at radius 2 is 2.19 bits per heavy atom. The van der Waals surface area contributed by atoms with E-state index in [9.17, 15) is 13.6 Å². The number of benzene rings is 1. The van der Waals surface area contributed by atoms with Gasteiger partial charge in [0, 0.05) is 6.42 Å². The van der Waals surface area contributed by atoms with Gasteiger partial charge in [-0.1, -0.05) is 17.7 Å². The van der Waals surface area contributed by atoms with E-state index in [1.165, 1.54) is 6.07 Å². The van der Waals surface area contributed by atoms with E-state index in [-0.39, 0.29) is 18.6 Å². The van der Waals surface area contributed by atoms with Crippen LogP contribution in [0.1, 0.15) is 17.5 Å². The first-order valence-electron chi connectivity index (χ1n) is 4.75. The van der Waals surface area contributed by atoms with Crippen molar-refractivity contribution in [3.8, 4) is 5.75 Å². The number of carbonyl (C=O) groups is 1. The summed E-state index contributed by atoms with van der Waals surface area (Å²) < 4.78 is 28.4. The molecule has 0 aromatic heterocycles. The maximum Gasteiger partial charge on any atom is 0.387 e. The first kappa shape index (κ1) is 12.4. The molecule has 1 aromatic rings. The third kappa shape index (κ3) is 3.84. The molecule has 0 saturated carbocycles. The molecule has 0 spiro atoms. The molecule has 3 nitrogen and oxygen atoms in total. The van der Waals surface area contributed by atoms with Crippen molar-refractivity contribution in [2.45, 2.75) is 26.4 Å². The lowest BCUT2D eigenvalue weighted by molar-refractivity contribution is -0.136. The summed E-state index contributed by atoms with van der Waals surface area (Å²) in [6.07, 6.45) is 0.0715. The van der Waals surface area contributed by atoms with E-state index < -0.39 is 12.6 Å². The van der Waals surface area contributed by atoms with Gasteiger partial charge in [-0.2, -0.15) is 8.78 Å². The number of carboxylic acids is 1. The molecular weight excluding hydrogens is 218 g/mol. The van der Waals surface area contributed by atoms with Gasteiger partial charge in [0.1, 0.15) is 5.75 Å². The molecule has 1 rings (SSSR count). The molecule has 0 atom stereocenters. The number of hydrogen-bond acceptors (Lipinski definition) is 2. The minimum atomic E-state index is -2.90. The molecule has 0 heterocycles. The molecule has 0 bridgehead atoms. The summed E-state index contributed by atoms with van der Waals surface area (Å²) in [6.45, 7) is -1.09. The van der Waals surface area contributed by atoms with Crippen molar-refractivity contribution in [3.63, 3.8) is 0 Å². The van der Waals surface area contributed by atoms with Crippen LogP contribution in [0.25, 0.3) is 0 Å². The van der Waals surface area contributed by atoms with Crippen LogP contribution in [0, 0.1) is 6.92 Å². The van der Waals surface area contributed by atoms with Crippen molar-refractivity contribution in [2.75, 3.05) is 0 Å². The van der Waals surface area contributed by atoms with Crippen LogP contribution in [0.4, 0.5) is 8.78 Å². The minimum absolute atomic E-state index is 0.0434. The summed E-state index contributed by atoms with van der Waals surface area (Å²) in [5.74, 6) is -0.925. The number of carboxylic acid groups (broad SMARTS) is 1. The smallest absolute Gasteiger partial charge is 0.387 e. The second-order valence-electron chi connectivity index (χ2n) is 3.38. The molecule has 0 fully saturated rings. The topological polar surface area (TPSA) is 46.5 Å². The number of halogens is 2. The maximum absolute atomic E-state index is 12.1. The average molecular weight is 230 g/mol. The van der Waals surface area contributed by atoms with E-state index in [2.05, 4.69) is 4.74 Å². The standard InChI is InChI=1S/C11H12F2O3/c1-7-2-4-9(16-11(12)13)8(6-7)3-5-10(14)15/h2,4,6,11H,3,5H2,1H3,(H,14,15). The summed E-state index contributed by atoms with van der Waals surface area (Å²) in [6, 6.07) is 4.72. The molecule has 0 aliphatic rings. The Morgan fingerprint density at radius 1 is 1.50 bits per heavy atom. The monoisotopic (exact) mass is 230 g/mol. The van der Waals surface area contributed by atoms with Gasteiger partial charge in [0.2, 0.25) is 0 Å². The van der Waals surface area contributed by atoms with Gasteiger partial charge in [-0.25, -0.2) is 0 Å². The van der Waals surface area contributed by atoms with Crippen molar-refractivity contribution in [3.05, 3.63) is 29.3 Å². The second kappa shape index (κ2) is 5.44. The number of alkyl halides is 2. The summed E-state index contributed by atoms with van der Waals surface area (Å²) >= 11 is 0. The van der Waals surface area contributed by atoms with Gasteiger partial charge in [0.15, 0.2) is 0 Å². The zero-order valence-electron chi connectivity index (χ0n) is 8.74. The van der Waals surface area contributed by atoms with Gasteiger partial charge in [0.05, 0.1) is 0 Å². The molecule has 5 heteroatoms. The van der Waals surface area contributed by atoms with E-state index in [4.69, 9.17) is 5.11 Å². The van der Waals surface area contributed by atoms with Crippen LogP contribution in [0.15, 0.2) is 18.2 Å². The molecule has 0 aliphatic heterocycles. The fourth-order valence-corrected chi connectivity index (χ4v) is 1.36. The van der Waals surface area contributed by atoms with Crippen LogP contribution >= 0.6 is 0 Å². The summed E-state index contributed by atoms with van der Waals surface area (Å²) in [4.78, 5) is 10.4. The average Bonchev–Trinajstić information content (AvgIpc) is 2.17. The predicted octanol–water partition coefficient (Wildman–Crippen LogP) is 2.61. The van der Waals surface area contributed by atoms with Crippen molar-refractivity contribution >= 4 is 5.97 Å². The second-order valence-corrected chi connectivity index (χ2v) is 3.38. The molecule has 0 radical (unpaired) electrons. The van der Waals surface area contributed by atoms with E-state index in [1.807, 2.05) is 0 Å². The molecule has 88 valence electrons. The van der Waals surface area contributed by atoms with Gasteiger partial charge in [-0.3, -0.25) is 4.79 Å². The van der Waals surface area contributed by atoms with Gasteiger partial charge in [0.25, 0.3) is 0 Å². The van der Waals surface area contributed by atoms with Crippen molar-refractivity contribution < 1.29 is 23.4 Å². The van der Waals surface area contributed by atoms with E-state index in [0.29, 0.717) is 5.56 Å². The zero-order valence-corrected chi connectivity index (χ0v) is 8.74. The lowest BCUT2D eigenvalue weighted by Gasteiger charge is -2.10. The highest BCUT2D eigenvalue weighted by Gasteiger charge is 2.10. The van der Waals surface area contributed by atoms with Crippen molar-refractivity contribution in [1.82, 2.24) is 0 Å². The normalized spacial score (nSPS) is 10.5. The zero-order chi connectivity index (χ0) is 12.1. The fourth-order valence-electron chi connectivity index (χ4n) is 1.36. The van der Waals surface area contributed by atoms with Crippen LogP contribution in [0.5, 0.6) is 5.75 Å². The molecular formula is C11H12F2O3. The van der Waals surface area contributed by atoms with E-state index >= 15 is 0 Å². The Balaban J connectivity index is 2.84. The number of aryl methyl sites for hydroxylation is 2. The van der Waals surface area contributed by atoms with Crippen LogP contribution < -0.4 is 4.74 Å². The van der Waals surface area contributed by atoms with Crippen LogP contribution in [-0.2, 0) is 11.2 Å². The highest BCUT2D eigenvalue weighted by Crippen LogP contribution is 2.23. The van der Waals surface area contributed by atoms with E-state index in [1.54, 1.807) is 19.1 Å². The predicted molar refractivity (Wildman–Crippen MR) is 53.8 cm³/mol. The third-order valence-electron chi connectivity index (χ3n) is 2.04. The maximum atomic E-state index is 12.1. The molecule has 0 unspecified atom stereocenters. The largest absolute Gasteiger partial charge is 0.481 e. The third-order valence-corrected chi connectivity index (χ3v) is 2.04. The number of aliphatic carboxylic acids is 1. The molecule has 16 heavy (non-hydrogen) atoms. The summed E-state index contributed by atoms with van der Waals surface area (Å²) in [5, 5.41) is 8.53. The van der Waals surface area contributed by atoms with Gasteiger partial charge in [-0.15, -0.1) is 0 Å².